The number of rotatable bonds is 15. The third kappa shape index (κ3) is 8.66. The summed E-state index contributed by atoms with van der Waals surface area (Å²) in [4.78, 5) is 17.7. The minimum absolute atomic E-state index is 0.106. The molecular formula is C40H36FN3O6. The Bertz CT molecular complexity index is 2030. The van der Waals surface area contributed by atoms with Gasteiger partial charge >= 0.3 is 5.69 Å². The molecule has 1 aromatic heterocycles. The molecule has 9 nitrogen and oxygen atoms in total. The first-order chi connectivity index (χ1) is 24.4. The lowest BCUT2D eigenvalue weighted by Crippen LogP contribution is -2.41. The number of aliphatic hydroxyl groups is 2. The fourth-order valence-electron chi connectivity index (χ4n) is 5.81. The standard InChI is InChI=1S/C40H36FN3O6/c41-32-14-17-36-35(23-32)39(19-20-42-36)50-34-15-11-28(12-16-34)21-33(26-45)43(24-29-7-3-1-4-8-29)25-38(46)31-13-18-40(37(22-31)44(47)48)49-27-30-9-5-2-6-10-30/h1-20,22-23,33,38,45-46H,21,24-27H2/t33-,38-/m0/s1. The summed E-state index contributed by atoms with van der Waals surface area (Å²) in [6.45, 7) is 0.504. The first-order valence-electron chi connectivity index (χ1n) is 16.2. The Kier molecular flexibility index (Phi) is 11.0. The largest absolute Gasteiger partial charge is 0.482 e. The Labute approximate surface area is 289 Å². The molecule has 6 rings (SSSR count). The number of hydrogen-bond donors (Lipinski definition) is 2. The Morgan fingerprint density at radius 1 is 0.820 bits per heavy atom. The van der Waals surface area contributed by atoms with Gasteiger partial charge in [-0.3, -0.25) is 20.0 Å². The molecule has 0 aliphatic carbocycles. The normalized spacial score (nSPS) is 12.5. The first-order valence-corrected chi connectivity index (χ1v) is 16.2. The van der Waals surface area contributed by atoms with Crippen molar-refractivity contribution in [2.24, 2.45) is 0 Å². The van der Waals surface area contributed by atoms with E-state index in [1.54, 1.807) is 24.4 Å². The van der Waals surface area contributed by atoms with E-state index in [0.29, 0.717) is 40.9 Å². The molecule has 6 aromatic rings. The molecule has 50 heavy (non-hydrogen) atoms. The number of pyridine rings is 1. The van der Waals surface area contributed by atoms with E-state index in [-0.39, 0.29) is 37.0 Å². The highest BCUT2D eigenvalue weighted by molar-refractivity contribution is 5.85. The van der Waals surface area contributed by atoms with Crippen molar-refractivity contribution in [3.05, 3.63) is 172 Å². The van der Waals surface area contributed by atoms with Gasteiger partial charge in [-0.2, -0.15) is 0 Å². The van der Waals surface area contributed by atoms with Crippen LogP contribution < -0.4 is 9.47 Å². The molecule has 0 radical (unpaired) electrons. The van der Waals surface area contributed by atoms with Crippen LogP contribution in [0.15, 0.2) is 134 Å². The number of fused-ring (bicyclic) bond motifs is 1. The van der Waals surface area contributed by atoms with Gasteiger partial charge in [0.05, 0.1) is 23.2 Å². The fraction of sp³-hybridized carbons (Fsp3) is 0.175. The Balaban J connectivity index is 1.18. The van der Waals surface area contributed by atoms with Crippen LogP contribution in [0.3, 0.4) is 0 Å². The maximum Gasteiger partial charge on any atom is 0.311 e. The van der Waals surface area contributed by atoms with Crippen LogP contribution in [-0.2, 0) is 19.6 Å². The number of ether oxygens (including phenoxy) is 2. The third-order valence-electron chi connectivity index (χ3n) is 8.45. The van der Waals surface area contributed by atoms with Crippen LogP contribution in [0, 0.1) is 15.9 Å². The van der Waals surface area contributed by atoms with E-state index in [2.05, 4.69) is 4.98 Å². The van der Waals surface area contributed by atoms with Gasteiger partial charge in [0.2, 0.25) is 0 Å². The molecule has 10 heteroatoms. The molecule has 1 heterocycles. The van der Waals surface area contributed by atoms with E-state index in [1.165, 1.54) is 24.3 Å². The van der Waals surface area contributed by atoms with Crippen LogP contribution in [0.2, 0.25) is 0 Å². The molecule has 0 unspecified atom stereocenters. The summed E-state index contributed by atoms with van der Waals surface area (Å²) >= 11 is 0. The average Bonchev–Trinajstić information content (AvgIpc) is 3.14. The van der Waals surface area contributed by atoms with Gasteiger partial charge in [-0.05, 0) is 71.1 Å². The number of nitrogens with zero attached hydrogens (tertiary/aromatic N) is 3. The summed E-state index contributed by atoms with van der Waals surface area (Å²) in [7, 11) is 0. The highest BCUT2D eigenvalue weighted by Crippen LogP contribution is 2.33. The molecular weight excluding hydrogens is 637 g/mol. The van der Waals surface area contributed by atoms with Gasteiger partial charge in [0.25, 0.3) is 0 Å². The van der Waals surface area contributed by atoms with E-state index < -0.39 is 17.1 Å². The van der Waals surface area contributed by atoms with Crippen LogP contribution in [0.1, 0.15) is 28.4 Å². The maximum atomic E-state index is 13.9. The summed E-state index contributed by atoms with van der Waals surface area (Å²) in [5.41, 5.74) is 3.53. The lowest BCUT2D eigenvalue weighted by Gasteiger charge is -2.32. The molecule has 0 fully saturated rings. The quantitative estimate of drug-likeness (QED) is 0.0838. The second kappa shape index (κ2) is 16.1. The van der Waals surface area contributed by atoms with Crippen LogP contribution in [0.25, 0.3) is 10.9 Å². The molecule has 0 aliphatic heterocycles. The number of halogens is 1. The Morgan fingerprint density at radius 3 is 2.24 bits per heavy atom. The topological polar surface area (TPSA) is 118 Å². The Morgan fingerprint density at radius 2 is 1.54 bits per heavy atom. The van der Waals surface area contributed by atoms with Crippen molar-refractivity contribution in [1.82, 2.24) is 9.88 Å². The van der Waals surface area contributed by atoms with E-state index in [1.807, 2.05) is 89.8 Å². The molecule has 2 atom stereocenters. The molecule has 0 aliphatic rings. The van der Waals surface area contributed by atoms with Gasteiger partial charge in [0, 0.05) is 36.8 Å². The SMILES string of the molecule is O=[N+]([O-])c1cc([C@@H](O)CN(Cc2ccccc2)[C@H](CO)Cc2ccc(Oc3ccnc4ccc(F)cc34)cc2)ccc1OCc1ccccc1. The smallest absolute Gasteiger partial charge is 0.311 e. The summed E-state index contributed by atoms with van der Waals surface area (Å²) in [6.07, 6.45) is 0.967. The highest BCUT2D eigenvalue weighted by atomic mass is 19.1. The highest BCUT2D eigenvalue weighted by Gasteiger charge is 2.25. The Hall–Kier alpha value is -5.68. The summed E-state index contributed by atoms with van der Waals surface area (Å²) < 4.78 is 25.8. The van der Waals surface area contributed by atoms with E-state index >= 15 is 0 Å². The lowest BCUT2D eigenvalue weighted by atomic mass is 10.0. The van der Waals surface area contributed by atoms with E-state index in [4.69, 9.17) is 9.47 Å². The van der Waals surface area contributed by atoms with Crippen molar-refractivity contribution < 1.29 is 29.0 Å². The number of hydrogen-bond acceptors (Lipinski definition) is 8. The molecule has 254 valence electrons. The van der Waals surface area contributed by atoms with Crippen LogP contribution in [0.5, 0.6) is 17.2 Å². The zero-order valence-electron chi connectivity index (χ0n) is 27.1. The molecule has 0 bridgehead atoms. The second-order valence-electron chi connectivity index (χ2n) is 11.9. The number of aromatic nitrogens is 1. The molecule has 5 aromatic carbocycles. The molecule has 0 spiro atoms. The number of benzene rings is 5. The molecule has 0 saturated heterocycles. The van der Waals surface area contributed by atoms with Gasteiger partial charge < -0.3 is 19.7 Å². The predicted octanol–water partition coefficient (Wildman–Crippen LogP) is 7.79. The van der Waals surface area contributed by atoms with Gasteiger partial charge in [-0.25, -0.2) is 4.39 Å². The maximum absolute atomic E-state index is 13.9. The third-order valence-corrected chi connectivity index (χ3v) is 8.45. The van der Waals surface area contributed by atoms with Crippen LogP contribution in [0.4, 0.5) is 10.1 Å². The van der Waals surface area contributed by atoms with Gasteiger partial charge in [0.1, 0.15) is 23.9 Å². The van der Waals surface area contributed by atoms with Crippen molar-refractivity contribution in [3.8, 4) is 17.2 Å². The summed E-state index contributed by atoms with van der Waals surface area (Å²) in [6, 6.07) is 36.6. The van der Waals surface area contributed by atoms with Crippen molar-refractivity contribution >= 4 is 16.6 Å². The van der Waals surface area contributed by atoms with Gasteiger partial charge in [-0.1, -0.05) is 78.9 Å². The number of aliphatic hydroxyl groups excluding tert-OH is 2. The number of nitro benzene ring substituents is 1. The van der Waals surface area contributed by atoms with Crippen LogP contribution >= 0.6 is 0 Å². The minimum Gasteiger partial charge on any atom is -0.482 e. The summed E-state index contributed by atoms with van der Waals surface area (Å²) in [5, 5.41) is 34.6. The minimum atomic E-state index is -1.09. The predicted molar refractivity (Wildman–Crippen MR) is 188 cm³/mol. The zero-order valence-corrected chi connectivity index (χ0v) is 27.1. The van der Waals surface area contributed by atoms with Gasteiger partial charge in [0.15, 0.2) is 5.75 Å². The monoisotopic (exact) mass is 673 g/mol. The van der Waals surface area contributed by atoms with Crippen LogP contribution in [-0.4, -0.2) is 44.2 Å². The second-order valence-corrected chi connectivity index (χ2v) is 11.9. The first kappa shape index (κ1) is 34.2. The zero-order chi connectivity index (χ0) is 34.9. The van der Waals surface area contributed by atoms with E-state index in [9.17, 15) is 24.7 Å². The van der Waals surface area contributed by atoms with Crippen molar-refractivity contribution in [3.63, 3.8) is 0 Å². The van der Waals surface area contributed by atoms with Gasteiger partial charge in [-0.15, -0.1) is 0 Å². The van der Waals surface area contributed by atoms with Crippen molar-refractivity contribution in [1.29, 1.82) is 0 Å². The van der Waals surface area contributed by atoms with Crippen molar-refractivity contribution in [2.45, 2.75) is 31.7 Å². The summed E-state index contributed by atoms with van der Waals surface area (Å²) in [5.74, 6) is 0.768. The average molecular weight is 674 g/mol. The molecule has 0 amide bonds. The lowest BCUT2D eigenvalue weighted by molar-refractivity contribution is -0.386. The van der Waals surface area contributed by atoms with Crippen molar-refractivity contribution in [2.75, 3.05) is 13.2 Å². The molecule has 2 N–H and O–H groups in total. The number of nitro groups is 1. The van der Waals surface area contributed by atoms with E-state index in [0.717, 1.165) is 16.7 Å². The molecule has 0 saturated carbocycles. The fourth-order valence-corrected chi connectivity index (χ4v) is 5.81.